The molecule has 0 saturated carbocycles. The minimum Gasteiger partial charge on any atom is -0.258 e. The molecule has 0 aliphatic heterocycles. The van der Waals surface area contributed by atoms with Gasteiger partial charge in [-0.1, -0.05) is 28.1 Å². The minimum atomic E-state index is 0.742. The summed E-state index contributed by atoms with van der Waals surface area (Å²) in [6, 6.07) is 10.3. The molecule has 0 amide bonds. The molecule has 0 aliphatic carbocycles. The van der Waals surface area contributed by atoms with Crippen LogP contribution in [0.4, 0.5) is 0 Å². The Balaban J connectivity index is 2.09. The standard InChI is InChI=1S/C16H14BrN3S2/c1-2-18-16-20(19-9-12-6-7-21-10-12)15(11-22-16)13-4-3-5-14(17)8-13/h3-11H,2H2,1H3. The first kappa shape index (κ1) is 15.4. The molecule has 3 aromatic rings. The van der Waals surface area contributed by atoms with E-state index in [0.717, 1.165) is 32.6 Å². The monoisotopic (exact) mass is 391 g/mol. The fourth-order valence-electron chi connectivity index (χ4n) is 1.97. The summed E-state index contributed by atoms with van der Waals surface area (Å²) < 4.78 is 2.96. The number of halogens is 1. The van der Waals surface area contributed by atoms with Crippen molar-refractivity contribution < 1.29 is 0 Å². The fourth-order valence-corrected chi connectivity index (χ4v) is 3.89. The Kier molecular flexibility index (Phi) is 5.02. The van der Waals surface area contributed by atoms with Gasteiger partial charge in [-0.15, -0.1) is 11.3 Å². The van der Waals surface area contributed by atoms with Crippen molar-refractivity contribution in [2.24, 2.45) is 10.1 Å². The Morgan fingerprint density at radius 1 is 1.27 bits per heavy atom. The molecule has 6 heteroatoms. The second-order valence-corrected chi connectivity index (χ2v) is 7.03. The maximum atomic E-state index is 4.63. The highest BCUT2D eigenvalue weighted by molar-refractivity contribution is 9.10. The van der Waals surface area contributed by atoms with Gasteiger partial charge < -0.3 is 0 Å². The fraction of sp³-hybridized carbons (Fsp3) is 0.125. The number of benzene rings is 1. The zero-order valence-electron chi connectivity index (χ0n) is 11.9. The van der Waals surface area contributed by atoms with E-state index in [0.29, 0.717) is 0 Å². The Morgan fingerprint density at radius 2 is 2.18 bits per heavy atom. The van der Waals surface area contributed by atoms with Gasteiger partial charge in [0.2, 0.25) is 4.80 Å². The van der Waals surface area contributed by atoms with Gasteiger partial charge in [-0.05, 0) is 35.9 Å². The predicted molar refractivity (Wildman–Crippen MR) is 98.9 cm³/mol. The lowest BCUT2D eigenvalue weighted by molar-refractivity contribution is 0.833. The lowest BCUT2D eigenvalue weighted by Gasteiger charge is -2.03. The molecule has 0 unspecified atom stereocenters. The molecule has 0 bridgehead atoms. The van der Waals surface area contributed by atoms with Gasteiger partial charge in [-0.3, -0.25) is 4.99 Å². The molecule has 0 spiro atoms. The normalized spacial score (nSPS) is 12.4. The third-order valence-corrected chi connectivity index (χ3v) is 5.01. The Morgan fingerprint density at radius 3 is 2.91 bits per heavy atom. The smallest absolute Gasteiger partial charge is 0.206 e. The summed E-state index contributed by atoms with van der Waals surface area (Å²) in [4.78, 5) is 5.44. The molecule has 1 aromatic carbocycles. The summed E-state index contributed by atoms with van der Waals surface area (Å²) in [5.41, 5.74) is 3.27. The van der Waals surface area contributed by atoms with E-state index in [1.165, 1.54) is 0 Å². The maximum Gasteiger partial charge on any atom is 0.206 e. The van der Waals surface area contributed by atoms with E-state index in [2.05, 4.69) is 55.0 Å². The molecule has 2 heterocycles. The van der Waals surface area contributed by atoms with E-state index in [4.69, 9.17) is 0 Å². The summed E-state index contributed by atoms with van der Waals surface area (Å²) >= 11 is 6.80. The highest BCUT2D eigenvalue weighted by atomic mass is 79.9. The number of hydrogen-bond donors (Lipinski definition) is 0. The van der Waals surface area contributed by atoms with Gasteiger partial charge >= 0.3 is 0 Å². The second-order valence-electron chi connectivity index (χ2n) is 4.50. The number of nitrogens with zero attached hydrogens (tertiary/aromatic N) is 3. The molecule has 2 aromatic heterocycles. The first-order valence-corrected chi connectivity index (χ1v) is 9.43. The van der Waals surface area contributed by atoms with Gasteiger partial charge in [-0.25, -0.2) is 4.68 Å². The van der Waals surface area contributed by atoms with Crippen molar-refractivity contribution in [3.05, 3.63) is 61.3 Å². The molecule has 22 heavy (non-hydrogen) atoms. The van der Waals surface area contributed by atoms with Crippen LogP contribution in [0.1, 0.15) is 12.5 Å². The molecule has 0 saturated heterocycles. The van der Waals surface area contributed by atoms with E-state index in [1.54, 1.807) is 22.7 Å². The third kappa shape index (κ3) is 3.45. The highest BCUT2D eigenvalue weighted by Crippen LogP contribution is 2.23. The van der Waals surface area contributed by atoms with Gasteiger partial charge in [0.25, 0.3) is 0 Å². The summed E-state index contributed by atoms with van der Waals surface area (Å²) in [6.45, 7) is 2.78. The van der Waals surface area contributed by atoms with Crippen molar-refractivity contribution in [3.8, 4) is 11.3 Å². The van der Waals surface area contributed by atoms with Crippen molar-refractivity contribution in [1.29, 1.82) is 0 Å². The molecule has 0 radical (unpaired) electrons. The van der Waals surface area contributed by atoms with E-state index in [1.807, 2.05) is 35.3 Å². The van der Waals surface area contributed by atoms with Gasteiger partial charge in [-0.2, -0.15) is 16.4 Å². The molecular weight excluding hydrogens is 378 g/mol. The summed E-state index contributed by atoms with van der Waals surface area (Å²) in [6.07, 6.45) is 1.87. The average Bonchev–Trinajstić information content (AvgIpc) is 3.15. The van der Waals surface area contributed by atoms with Crippen LogP contribution in [-0.2, 0) is 0 Å². The van der Waals surface area contributed by atoms with Gasteiger partial charge in [0.05, 0.1) is 11.9 Å². The minimum absolute atomic E-state index is 0.742. The molecule has 0 aliphatic rings. The highest BCUT2D eigenvalue weighted by Gasteiger charge is 2.07. The SMILES string of the molecule is CCN=c1scc(-c2cccc(Br)c2)n1N=Cc1ccsc1. The lowest BCUT2D eigenvalue weighted by atomic mass is 10.2. The van der Waals surface area contributed by atoms with Crippen molar-refractivity contribution in [2.45, 2.75) is 6.92 Å². The summed E-state index contributed by atoms with van der Waals surface area (Å²) in [7, 11) is 0. The summed E-state index contributed by atoms with van der Waals surface area (Å²) in [5.74, 6) is 0. The molecule has 112 valence electrons. The number of aromatic nitrogens is 1. The molecule has 0 fully saturated rings. The van der Waals surface area contributed by atoms with Crippen molar-refractivity contribution in [3.63, 3.8) is 0 Å². The molecule has 0 N–H and O–H groups in total. The first-order chi connectivity index (χ1) is 10.8. The first-order valence-electron chi connectivity index (χ1n) is 6.81. The Bertz CT molecular complexity index is 844. The van der Waals surface area contributed by atoms with E-state index in [9.17, 15) is 0 Å². The predicted octanol–water partition coefficient (Wildman–Crippen LogP) is 4.84. The zero-order chi connectivity index (χ0) is 15.4. The molecule has 0 atom stereocenters. The summed E-state index contributed by atoms with van der Waals surface area (Å²) in [5, 5.41) is 10.9. The largest absolute Gasteiger partial charge is 0.258 e. The average molecular weight is 392 g/mol. The number of thiazole rings is 1. The van der Waals surface area contributed by atoms with E-state index in [-0.39, 0.29) is 0 Å². The topological polar surface area (TPSA) is 29.6 Å². The molecule has 3 rings (SSSR count). The van der Waals surface area contributed by atoms with Crippen LogP contribution in [0.25, 0.3) is 11.3 Å². The van der Waals surface area contributed by atoms with Crippen LogP contribution in [0.3, 0.4) is 0 Å². The second kappa shape index (κ2) is 7.17. The van der Waals surface area contributed by atoms with Gasteiger partial charge in [0.15, 0.2) is 0 Å². The van der Waals surface area contributed by atoms with Crippen LogP contribution < -0.4 is 4.80 Å². The van der Waals surface area contributed by atoms with Crippen molar-refractivity contribution in [1.82, 2.24) is 4.68 Å². The Hall–Kier alpha value is -1.50. The quantitative estimate of drug-likeness (QED) is 0.569. The van der Waals surface area contributed by atoms with E-state index >= 15 is 0 Å². The van der Waals surface area contributed by atoms with Crippen LogP contribution in [0.15, 0.2) is 61.0 Å². The maximum absolute atomic E-state index is 4.63. The van der Waals surface area contributed by atoms with Crippen LogP contribution in [0.5, 0.6) is 0 Å². The van der Waals surface area contributed by atoms with Crippen LogP contribution >= 0.6 is 38.6 Å². The van der Waals surface area contributed by atoms with Crippen molar-refractivity contribution >= 4 is 44.8 Å². The lowest BCUT2D eigenvalue weighted by Crippen LogP contribution is -2.12. The molecule has 3 nitrogen and oxygen atoms in total. The van der Waals surface area contributed by atoms with Gasteiger partial charge in [0.1, 0.15) is 0 Å². The van der Waals surface area contributed by atoms with Crippen LogP contribution in [0, 0.1) is 0 Å². The van der Waals surface area contributed by atoms with Crippen LogP contribution in [0.2, 0.25) is 0 Å². The van der Waals surface area contributed by atoms with Gasteiger partial charge in [0, 0.05) is 27.5 Å². The number of hydrogen-bond acceptors (Lipinski definition) is 4. The van der Waals surface area contributed by atoms with Crippen LogP contribution in [-0.4, -0.2) is 17.4 Å². The molecular formula is C16H14BrN3S2. The number of rotatable bonds is 4. The van der Waals surface area contributed by atoms with E-state index < -0.39 is 0 Å². The Labute approximate surface area is 145 Å². The zero-order valence-corrected chi connectivity index (χ0v) is 15.2. The number of thiophene rings is 1. The van der Waals surface area contributed by atoms with Crippen molar-refractivity contribution in [2.75, 3.05) is 6.54 Å². The third-order valence-electron chi connectivity index (χ3n) is 2.96.